The van der Waals surface area contributed by atoms with E-state index in [2.05, 4.69) is 21.3 Å². The zero-order chi connectivity index (χ0) is 24.0. The predicted octanol–water partition coefficient (Wildman–Crippen LogP) is 5.83. The molecule has 0 aliphatic rings. The molecule has 174 valence electrons. The largest absolute Gasteiger partial charge is 0.361 e. The van der Waals surface area contributed by atoms with Crippen molar-refractivity contribution in [1.82, 2.24) is 29.7 Å². The van der Waals surface area contributed by atoms with Crippen molar-refractivity contribution < 1.29 is 13.3 Å². The van der Waals surface area contributed by atoms with Gasteiger partial charge < -0.3 is 4.52 Å². The van der Waals surface area contributed by atoms with Crippen LogP contribution in [0.15, 0.2) is 59.5 Å². The Bertz CT molecular complexity index is 1440. The summed E-state index contributed by atoms with van der Waals surface area (Å²) in [4.78, 5) is 4.50. The number of nitrogens with zero attached hydrogens (tertiary/aromatic N) is 6. The lowest BCUT2D eigenvalue weighted by Gasteiger charge is -2.13. The van der Waals surface area contributed by atoms with E-state index in [1.807, 2.05) is 55.8 Å². The van der Waals surface area contributed by atoms with Gasteiger partial charge >= 0.3 is 0 Å². The van der Waals surface area contributed by atoms with Gasteiger partial charge in [0.1, 0.15) is 18.0 Å². The number of rotatable bonds is 6. The third kappa shape index (κ3) is 3.98. The van der Waals surface area contributed by atoms with Gasteiger partial charge in [-0.05, 0) is 50.6 Å². The zero-order valence-corrected chi connectivity index (χ0v) is 19.3. The Labute approximate surface area is 195 Å². The first-order chi connectivity index (χ1) is 16.2. The molecular formula is C25H24F2N6O. The molecule has 0 radical (unpaired) electrons. The highest BCUT2D eigenvalue weighted by molar-refractivity contribution is 5.96. The maximum absolute atomic E-state index is 13.5. The molecule has 7 nitrogen and oxygen atoms in total. The molecule has 0 amide bonds. The van der Waals surface area contributed by atoms with E-state index in [4.69, 9.17) is 9.62 Å². The number of hydrogen-bond acceptors (Lipinski definition) is 5. The number of aryl methyl sites for hydroxylation is 2. The highest BCUT2D eigenvalue weighted by atomic mass is 19.3. The molecule has 34 heavy (non-hydrogen) atoms. The zero-order valence-electron chi connectivity index (χ0n) is 19.3. The average Bonchev–Trinajstić information content (AvgIpc) is 3.49. The quantitative estimate of drug-likeness (QED) is 0.317. The van der Waals surface area contributed by atoms with Crippen LogP contribution in [0.3, 0.4) is 0 Å². The third-order valence-corrected chi connectivity index (χ3v) is 5.86. The Morgan fingerprint density at radius 2 is 1.94 bits per heavy atom. The number of halogens is 2. The van der Waals surface area contributed by atoms with E-state index in [9.17, 15) is 8.78 Å². The molecule has 0 aliphatic heterocycles. The van der Waals surface area contributed by atoms with Crippen LogP contribution >= 0.6 is 0 Å². The number of hydrogen-bond donors (Lipinski definition) is 0. The molecule has 4 aromatic heterocycles. The fourth-order valence-electron chi connectivity index (χ4n) is 4.30. The first kappa shape index (κ1) is 21.9. The van der Waals surface area contributed by atoms with Gasteiger partial charge in [0, 0.05) is 35.8 Å². The van der Waals surface area contributed by atoms with Crippen LogP contribution in [0.2, 0.25) is 0 Å². The Morgan fingerprint density at radius 3 is 2.62 bits per heavy atom. The van der Waals surface area contributed by atoms with E-state index in [0.29, 0.717) is 11.3 Å². The summed E-state index contributed by atoms with van der Waals surface area (Å²) >= 11 is 0. The lowest BCUT2D eigenvalue weighted by molar-refractivity contribution is 0.000603. The first-order valence-electron chi connectivity index (χ1n) is 11.0. The topological polar surface area (TPSA) is 74.6 Å². The molecular weight excluding hydrogens is 438 g/mol. The number of fused-ring (bicyclic) bond motifs is 1. The Hall–Kier alpha value is -3.88. The van der Waals surface area contributed by atoms with Crippen LogP contribution in [-0.2, 0) is 6.54 Å². The Morgan fingerprint density at radius 1 is 1.12 bits per heavy atom. The molecule has 1 aromatic carbocycles. The van der Waals surface area contributed by atoms with E-state index in [0.717, 1.165) is 46.1 Å². The Balaban J connectivity index is 1.68. The molecule has 0 fully saturated rings. The van der Waals surface area contributed by atoms with E-state index >= 15 is 0 Å². The number of aromatic nitrogens is 6. The minimum atomic E-state index is -2.86. The van der Waals surface area contributed by atoms with E-state index in [1.54, 1.807) is 18.6 Å². The minimum absolute atomic E-state index is 0.160. The first-order valence-corrected chi connectivity index (χ1v) is 11.0. The van der Waals surface area contributed by atoms with Gasteiger partial charge in [0.15, 0.2) is 0 Å². The molecule has 0 N–H and O–H groups in total. The van der Waals surface area contributed by atoms with Crippen molar-refractivity contribution in [3.8, 4) is 22.4 Å². The summed E-state index contributed by atoms with van der Waals surface area (Å²) in [5, 5.41) is 14.0. The second kappa shape index (κ2) is 8.16. The molecule has 9 heteroatoms. The summed E-state index contributed by atoms with van der Waals surface area (Å²) in [6.07, 6.45) is 4.94. The fraction of sp³-hybridized carbons (Fsp3) is 0.280. The molecule has 0 aliphatic carbocycles. The summed E-state index contributed by atoms with van der Waals surface area (Å²) in [6.45, 7) is 6.21. The third-order valence-electron chi connectivity index (χ3n) is 5.86. The van der Waals surface area contributed by atoms with Crippen molar-refractivity contribution in [2.45, 2.75) is 46.2 Å². The standard InChI is InChI=1S/C25H24F2N6O/c1-15-23(17(3)34-31-15)18-8-9-20-22(11-18)33(16(2)21-7-5-6-10-28-21)30-24(20)19-12-29-32(13-19)14-25(4,26)27/h5-13,16H,14H2,1-4H3/t16-/m0/s1. The van der Waals surface area contributed by atoms with Gasteiger partial charge in [-0.3, -0.25) is 14.3 Å². The monoisotopic (exact) mass is 462 g/mol. The van der Waals surface area contributed by atoms with E-state index in [1.165, 1.54) is 4.68 Å². The summed E-state index contributed by atoms with van der Waals surface area (Å²) in [5.74, 6) is -2.12. The van der Waals surface area contributed by atoms with Crippen molar-refractivity contribution in [2.24, 2.45) is 0 Å². The number of benzene rings is 1. The highest BCUT2D eigenvalue weighted by Gasteiger charge is 2.24. The lowest BCUT2D eigenvalue weighted by Crippen LogP contribution is -2.19. The lowest BCUT2D eigenvalue weighted by atomic mass is 10.0. The number of alkyl halides is 2. The predicted molar refractivity (Wildman–Crippen MR) is 125 cm³/mol. The maximum atomic E-state index is 13.5. The van der Waals surface area contributed by atoms with Crippen molar-refractivity contribution in [3.05, 3.63) is 72.1 Å². The molecule has 0 spiro atoms. The van der Waals surface area contributed by atoms with E-state index in [-0.39, 0.29) is 6.04 Å². The molecule has 4 heterocycles. The van der Waals surface area contributed by atoms with Gasteiger partial charge in [0.05, 0.1) is 29.1 Å². The van der Waals surface area contributed by atoms with Gasteiger partial charge in [0.2, 0.25) is 0 Å². The molecule has 5 aromatic rings. The summed E-state index contributed by atoms with van der Waals surface area (Å²) in [6, 6.07) is 11.7. The number of pyridine rings is 1. The van der Waals surface area contributed by atoms with Gasteiger partial charge in [-0.25, -0.2) is 8.78 Å². The van der Waals surface area contributed by atoms with Crippen molar-refractivity contribution in [2.75, 3.05) is 0 Å². The van der Waals surface area contributed by atoms with Gasteiger partial charge in [0.25, 0.3) is 5.92 Å². The van der Waals surface area contributed by atoms with E-state index < -0.39 is 12.5 Å². The molecule has 0 unspecified atom stereocenters. The smallest absolute Gasteiger partial charge is 0.264 e. The molecule has 0 bridgehead atoms. The highest BCUT2D eigenvalue weighted by Crippen LogP contribution is 2.35. The van der Waals surface area contributed by atoms with Crippen LogP contribution in [0.25, 0.3) is 33.3 Å². The van der Waals surface area contributed by atoms with Gasteiger partial charge in [-0.15, -0.1) is 0 Å². The van der Waals surface area contributed by atoms with Crippen LogP contribution in [0.5, 0.6) is 0 Å². The minimum Gasteiger partial charge on any atom is -0.361 e. The Kier molecular flexibility index (Phi) is 5.27. The molecule has 5 rings (SSSR count). The summed E-state index contributed by atoms with van der Waals surface area (Å²) in [7, 11) is 0. The van der Waals surface area contributed by atoms with Crippen LogP contribution in [0.4, 0.5) is 8.78 Å². The molecule has 1 atom stereocenters. The molecule has 0 saturated carbocycles. The van der Waals surface area contributed by atoms with Gasteiger partial charge in [-0.2, -0.15) is 10.2 Å². The fourth-order valence-corrected chi connectivity index (χ4v) is 4.30. The molecule has 0 saturated heterocycles. The van der Waals surface area contributed by atoms with Crippen molar-refractivity contribution >= 4 is 10.9 Å². The second-order valence-corrected chi connectivity index (χ2v) is 8.65. The average molecular weight is 463 g/mol. The maximum Gasteiger partial charge on any atom is 0.264 e. The SMILES string of the molecule is Cc1noc(C)c1-c1ccc2c(-c3cnn(CC(C)(F)F)c3)nn([C@@H](C)c3ccccn3)c2c1. The van der Waals surface area contributed by atoms with Crippen molar-refractivity contribution in [1.29, 1.82) is 0 Å². The van der Waals surface area contributed by atoms with Gasteiger partial charge in [-0.1, -0.05) is 17.3 Å². The summed E-state index contributed by atoms with van der Waals surface area (Å²) in [5.41, 5.74) is 5.81. The van der Waals surface area contributed by atoms with Crippen LogP contribution in [-0.4, -0.2) is 35.6 Å². The second-order valence-electron chi connectivity index (χ2n) is 8.65. The van der Waals surface area contributed by atoms with Crippen LogP contribution < -0.4 is 0 Å². The van der Waals surface area contributed by atoms with Crippen LogP contribution in [0.1, 0.15) is 37.0 Å². The summed E-state index contributed by atoms with van der Waals surface area (Å²) < 4.78 is 35.6. The van der Waals surface area contributed by atoms with Crippen LogP contribution in [0, 0.1) is 13.8 Å². The van der Waals surface area contributed by atoms with Crippen molar-refractivity contribution in [3.63, 3.8) is 0 Å². The normalized spacial score (nSPS) is 13.0.